The molecular weight excluding hydrogens is 370 g/mol. The minimum atomic E-state index is -3.75. The molecule has 0 aliphatic rings. The van der Waals surface area contributed by atoms with Crippen molar-refractivity contribution in [3.05, 3.63) is 48.7 Å². The number of aromatic nitrogens is 2. The van der Waals surface area contributed by atoms with E-state index in [9.17, 15) is 8.42 Å². The van der Waals surface area contributed by atoms with E-state index in [1.165, 1.54) is 19.2 Å². The highest BCUT2D eigenvalue weighted by Gasteiger charge is 2.17. The Labute approximate surface area is 157 Å². The largest absolute Gasteiger partial charge is 0.493 e. The molecule has 0 fully saturated rings. The van der Waals surface area contributed by atoms with Crippen LogP contribution in [0.4, 0.5) is 0 Å². The average molecular weight is 389 g/mol. The summed E-state index contributed by atoms with van der Waals surface area (Å²) in [4.78, 5) is 0.0349. The monoisotopic (exact) mass is 389 g/mol. The zero-order chi connectivity index (χ0) is 19.6. The molecule has 9 heteroatoms. The normalized spacial score (nSPS) is 11.3. The Morgan fingerprint density at radius 2 is 1.52 bits per heavy atom. The first-order valence-electron chi connectivity index (χ1n) is 7.86. The minimum absolute atomic E-state index is 0.0349. The van der Waals surface area contributed by atoms with Crippen molar-refractivity contribution in [1.29, 1.82) is 0 Å². The first kappa shape index (κ1) is 18.7. The van der Waals surface area contributed by atoms with Crippen molar-refractivity contribution in [3.8, 4) is 34.2 Å². The molecular formula is C18H19N3O5S. The number of nitrogens with zero attached hydrogens (tertiary/aromatic N) is 2. The average Bonchev–Trinajstić information content (AvgIpc) is 3.16. The van der Waals surface area contributed by atoms with Gasteiger partial charge in [0.1, 0.15) is 0 Å². The van der Waals surface area contributed by atoms with Crippen molar-refractivity contribution in [2.75, 3.05) is 21.3 Å². The van der Waals surface area contributed by atoms with Crippen LogP contribution in [-0.2, 0) is 10.0 Å². The Bertz CT molecular complexity index is 1030. The van der Waals surface area contributed by atoms with Gasteiger partial charge in [0.25, 0.3) is 0 Å². The van der Waals surface area contributed by atoms with Crippen molar-refractivity contribution in [2.24, 2.45) is 5.14 Å². The lowest BCUT2D eigenvalue weighted by Crippen LogP contribution is -2.12. The molecule has 0 saturated heterocycles. The van der Waals surface area contributed by atoms with Gasteiger partial charge in [-0.1, -0.05) is 0 Å². The molecule has 142 valence electrons. The first-order chi connectivity index (χ1) is 12.9. The molecule has 0 saturated carbocycles. The number of benzene rings is 2. The molecule has 0 radical (unpaired) electrons. The van der Waals surface area contributed by atoms with Crippen molar-refractivity contribution < 1.29 is 22.6 Å². The summed E-state index contributed by atoms with van der Waals surface area (Å²) >= 11 is 0. The Kier molecular flexibility index (Phi) is 5.06. The zero-order valence-corrected chi connectivity index (χ0v) is 15.9. The van der Waals surface area contributed by atoms with Gasteiger partial charge in [-0.2, -0.15) is 5.10 Å². The van der Waals surface area contributed by atoms with Gasteiger partial charge in [-0.3, -0.25) is 0 Å². The summed E-state index contributed by atoms with van der Waals surface area (Å²) < 4.78 is 40.7. The van der Waals surface area contributed by atoms with Crippen LogP contribution in [-0.4, -0.2) is 39.5 Å². The van der Waals surface area contributed by atoms with Gasteiger partial charge < -0.3 is 14.2 Å². The summed E-state index contributed by atoms with van der Waals surface area (Å²) in [6.07, 6.45) is 1.64. The smallest absolute Gasteiger partial charge is 0.238 e. The Hall–Kier alpha value is -3.04. The van der Waals surface area contributed by atoms with Crippen molar-refractivity contribution in [3.63, 3.8) is 0 Å². The molecule has 0 bridgehead atoms. The van der Waals surface area contributed by atoms with Gasteiger partial charge in [0, 0.05) is 5.56 Å². The molecule has 0 aliphatic heterocycles. The third kappa shape index (κ3) is 3.60. The Morgan fingerprint density at radius 3 is 2.00 bits per heavy atom. The number of rotatable bonds is 6. The number of hydrogen-bond acceptors (Lipinski definition) is 6. The minimum Gasteiger partial charge on any atom is -0.493 e. The second-order valence-electron chi connectivity index (χ2n) is 5.58. The number of nitrogens with two attached hydrogens (primary N) is 1. The van der Waals surface area contributed by atoms with Crippen LogP contribution in [0.5, 0.6) is 17.2 Å². The van der Waals surface area contributed by atoms with E-state index < -0.39 is 10.0 Å². The predicted octanol–water partition coefficient (Wildman–Crippen LogP) is 2.21. The van der Waals surface area contributed by atoms with Crippen molar-refractivity contribution in [2.45, 2.75) is 4.90 Å². The highest BCUT2D eigenvalue weighted by Crippen LogP contribution is 2.41. The molecule has 3 aromatic rings. The zero-order valence-electron chi connectivity index (χ0n) is 15.0. The number of hydrogen-bond donors (Lipinski definition) is 1. The Balaban J connectivity index is 2.10. The van der Waals surface area contributed by atoms with Crippen molar-refractivity contribution in [1.82, 2.24) is 9.78 Å². The maximum atomic E-state index is 11.4. The van der Waals surface area contributed by atoms with Crippen molar-refractivity contribution >= 4 is 10.0 Å². The van der Waals surface area contributed by atoms with E-state index >= 15 is 0 Å². The number of sulfonamides is 1. The van der Waals surface area contributed by atoms with E-state index in [2.05, 4.69) is 5.10 Å². The van der Waals surface area contributed by atoms with Crippen LogP contribution < -0.4 is 19.3 Å². The fraction of sp³-hybridized carbons (Fsp3) is 0.167. The van der Waals surface area contributed by atoms with E-state index in [0.29, 0.717) is 22.9 Å². The topological polar surface area (TPSA) is 106 Å². The molecule has 1 aromatic heterocycles. The molecule has 8 nitrogen and oxygen atoms in total. The van der Waals surface area contributed by atoms with Crippen LogP contribution in [0, 0.1) is 0 Å². The molecule has 27 heavy (non-hydrogen) atoms. The highest BCUT2D eigenvalue weighted by atomic mass is 32.2. The van der Waals surface area contributed by atoms with E-state index in [4.69, 9.17) is 19.3 Å². The summed E-state index contributed by atoms with van der Waals surface area (Å²) in [5, 5.41) is 9.48. The van der Waals surface area contributed by atoms with Crippen LogP contribution in [0.1, 0.15) is 0 Å². The van der Waals surface area contributed by atoms with E-state index in [1.807, 2.05) is 18.2 Å². The van der Waals surface area contributed by atoms with Crippen LogP contribution in [0.2, 0.25) is 0 Å². The standard InChI is InChI=1S/C18H19N3O5S/c1-24-16-10-12(11-17(25-2)18(16)26-3)15-8-9-20-21(15)13-4-6-14(7-5-13)27(19,22)23/h4-11H,1-3H3,(H2,19,22,23). The first-order valence-corrected chi connectivity index (χ1v) is 9.41. The third-order valence-electron chi connectivity index (χ3n) is 4.01. The molecule has 2 aromatic carbocycles. The predicted molar refractivity (Wildman–Crippen MR) is 100 cm³/mol. The van der Waals surface area contributed by atoms with Crippen LogP contribution in [0.3, 0.4) is 0 Å². The molecule has 0 aliphatic carbocycles. The van der Waals surface area contributed by atoms with E-state index in [-0.39, 0.29) is 4.90 Å². The van der Waals surface area contributed by atoms with Crippen LogP contribution >= 0.6 is 0 Å². The van der Waals surface area contributed by atoms with Gasteiger partial charge in [-0.05, 0) is 42.5 Å². The third-order valence-corrected chi connectivity index (χ3v) is 4.94. The molecule has 0 unspecified atom stereocenters. The van der Waals surface area contributed by atoms with Gasteiger partial charge in [0.15, 0.2) is 11.5 Å². The summed E-state index contributed by atoms with van der Waals surface area (Å²) in [7, 11) is 0.878. The molecule has 0 amide bonds. The fourth-order valence-electron chi connectivity index (χ4n) is 2.73. The maximum absolute atomic E-state index is 11.4. The van der Waals surface area contributed by atoms with Gasteiger partial charge >= 0.3 is 0 Å². The molecule has 0 spiro atoms. The van der Waals surface area contributed by atoms with Gasteiger partial charge in [-0.25, -0.2) is 18.2 Å². The van der Waals surface area contributed by atoms with Gasteiger partial charge in [-0.15, -0.1) is 0 Å². The molecule has 1 heterocycles. The second-order valence-corrected chi connectivity index (χ2v) is 7.14. The summed E-state index contributed by atoms with van der Waals surface area (Å²) in [5.41, 5.74) is 2.23. The Morgan fingerprint density at radius 1 is 0.926 bits per heavy atom. The summed E-state index contributed by atoms with van der Waals surface area (Å²) in [6.45, 7) is 0. The van der Waals surface area contributed by atoms with Crippen LogP contribution in [0.15, 0.2) is 53.6 Å². The second kappa shape index (κ2) is 7.29. The SMILES string of the molecule is COc1cc(-c2ccnn2-c2ccc(S(N)(=O)=O)cc2)cc(OC)c1OC. The molecule has 0 atom stereocenters. The number of ether oxygens (including phenoxy) is 3. The lowest BCUT2D eigenvalue weighted by atomic mass is 10.1. The van der Waals surface area contributed by atoms with Gasteiger partial charge in [0.05, 0.1) is 43.8 Å². The summed E-state index contributed by atoms with van der Waals surface area (Å²) in [6, 6.07) is 11.6. The lowest BCUT2D eigenvalue weighted by Gasteiger charge is -2.15. The number of methoxy groups -OCH3 is 3. The van der Waals surface area contributed by atoms with E-state index in [1.54, 1.807) is 37.2 Å². The maximum Gasteiger partial charge on any atom is 0.238 e. The number of primary sulfonamides is 1. The summed E-state index contributed by atoms with van der Waals surface area (Å²) in [5.74, 6) is 1.53. The molecule has 2 N–H and O–H groups in total. The lowest BCUT2D eigenvalue weighted by molar-refractivity contribution is 0.324. The fourth-order valence-corrected chi connectivity index (χ4v) is 3.25. The highest BCUT2D eigenvalue weighted by molar-refractivity contribution is 7.89. The molecule has 3 rings (SSSR count). The van der Waals surface area contributed by atoms with Crippen LogP contribution in [0.25, 0.3) is 16.9 Å². The van der Waals surface area contributed by atoms with Gasteiger partial charge in [0.2, 0.25) is 15.8 Å². The van der Waals surface area contributed by atoms with E-state index in [0.717, 1.165) is 11.3 Å². The quantitative estimate of drug-likeness (QED) is 0.693.